The SMILES string of the molecule is Cc1ccccc1CNC1CCCNC(=O)C1. The first kappa shape index (κ1) is 12.1. The van der Waals surface area contributed by atoms with Gasteiger partial charge in [-0.25, -0.2) is 0 Å². The Morgan fingerprint density at radius 1 is 1.41 bits per heavy atom. The van der Waals surface area contributed by atoms with Crippen LogP contribution in [-0.4, -0.2) is 18.5 Å². The van der Waals surface area contributed by atoms with Crippen LogP contribution in [0.15, 0.2) is 24.3 Å². The molecule has 1 amide bonds. The number of benzene rings is 1. The second-order valence-corrected chi connectivity index (χ2v) is 4.70. The van der Waals surface area contributed by atoms with Crippen molar-refractivity contribution < 1.29 is 4.79 Å². The molecule has 0 bridgehead atoms. The van der Waals surface area contributed by atoms with Crippen LogP contribution in [0.3, 0.4) is 0 Å². The van der Waals surface area contributed by atoms with Gasteiger partial charge in [-0.05, 0) is 30.9 Å². The Balaban J connectivity index is 1.89. The fourth-order valence-corrected chi connectivity index (χ4v) is 2.21. The summed E-state index contributed by atoms with van der Waals surface area (Å²) in [6, 6.07) is 8.69. The Morgan fingerprint density at radius 2 is 2.24 bits per heavy atom. The van der Waals surface area contributed by atoms with Crippen molar-refractivity contribution in [3.05, 3.63) is 35.4 Å². The van der Waals surface area contributed by atoms with Gasteiger partial charge in [-0.2, -0.15) is 0 Å². The van der Waals surface area contributed by atoms with Crippen molar-refractivity contribution in [2.45, 2.75) is 38.8 Å². The van der Waals surface area contributed by atoms with Crippen LogP contribution in [0.25, 0.3) is 0 Å². The van der Waals surface area contributed by atoms with Gasteiger partial charge in [-0.1, -0.05) is 24.3 Å². The second-order valence-electron chi connectivity index (χ2n) is 4.70. The third-order valence-corrected chi connectivity index (χ3v) is 3.33. The number of hydrogen-bond donors (Lipinski definition) is 2. The molecule has 1 aliphatic heterocycles. The van der Waals surface area contributed by atoms with Gasteiger partial charge < -0.3 is 10.6 Å². The van der Waals surface area contributed by atoms with Crippen molar-refractivity contribution in [1.29, 1.82) is 0 Å². The minimum atomic E-state index is 0.171. The van der Waals surface area contributed by atoms with Crippen molar-refractivity contribution >= 4 is 5.91 Å². The molecule has 0 saturated carbocycles. The molecule has 0 aliphatic carbocycles. The summed E-state index contributed by atoms with van der Waals surface area (Å²) in [5, 5.41) is 6.39. The normalized spacial score (nSPS) is 20.8. The summed E-state index contributed by atoms with van der Waals surface area (Å²) in [5.41, 5.74) is 2.62. The minimum absolute atomic E-state index is 0.171. The maximum absolute atomic E-state index is 11.4. The zero-order chi connectivity index (χ0) is 12.1. The minimum Gasteiger partial charge on any atom is -0.356 e. The molecule has 1 atom stereocenters. The summed E-state index contributed by atoms with van der Waals surface area (Å²) in [7, 11) is 0. The Kier molecular flexibility index (Phi) is 4.15. The summed E-state index contributed by atoms with van der Waals surface area (Å²) in [6.45, 7) is 3.79. The van der Waals surface area contributed by atoms with Gasteiger partial charge in [0.15, 0.2) is 0 Å². The van der Waals surface area contributed by atoms with Gasteiger partial charge in [0.2, 0.25) is 5.91 Å². The smallest absolute Gasteiger partial charge is 0.221 e. The number of aryl methyl sites for hydroxylation is 1. The van der Waals surface area contributed by atoms with Crippen LogP contribution in [-0.2, 0) is 11.3 Å². The van der Waals surface area contributed by atoms with Gasteiger partial charge in [-0.15, -0.1) is 0 Å². The lowest BCUT2D eigenvalue weighted by Gasteiger charge is -2.16. The van der Waals surface area contributed by atoms with Gasteiger partial charge in [0.25, 0.3) is 0 Å². The van der Waals surface area contributed by atoms with Crippen LogP contribution in [0.5, 0.6) is 0 Å². The molecule has 1 aromatic carbocycles. The summed E-state index contributed by atoms with van der Waals surface area (Å²) in [5.74, 6) is 0.171. The first-order valence-electron chi connectivity index (χ1n) is 6.30. The number of hydrogen-bond acceptors (Lipinski definition) is 2. The molecule has 0 aromatic heterocycles. The van der Waals surface area contributed by atoms with E-state index < -0.39 is 0 Å². The van der Waals surface area contributed by atoms with E-state index in [-0.39, 0.29) is 5.91 Å². The van der Waals surface area contributed by atoms with Crippen LogP contribution in [0.4, 0.5) is 0 Å². The van der Waals surface area contributed by atoms with E-state index >= 15 is 0 Å². The molecular weight excluding hydrogens is 212 g/mol. The second kappa shape index (κ2) is 5.82. The van der Waals surface area contributed by atoms with Gasteiger partial charge >= 0.3 is 0 Å². The van der Waals surface area contributed by atoms with E-state index in [4.69, 9.17) is 0 Å². The zero-order valence-corrected chi connectivity index (χ0v) is 10.3. The van der Waals surface area contributed by atoms with Gasteiger partial charge in [-0.3, -0.25) is 4.79 Å². The van der Waals surface area contributed by atoms with Gasteiger partial charge in [0.1, 0.15) is 0 Å². The maximum atomic E-state index is 11.4. The number of carbonyl (C=O) groups excluding carboxylic acids is 1. The largest absolute Gasteiger partial charge is 0.356 e. The molecule has 1 aromatic rings. The topological polar surface area (TPSA) is 41.1 Å². The van der Waals surface area contributed by atoms with Gasteiger partial charge in [0.05, 0.1) is 0 Å². The van der Waals surface area contributed by atoms with Gasteiger partial charge in [0, 0.05) is 25.6 Å². The van der Waals surface area contributed by atoms with Crippen molar-refractivity contribution in [2.75, 3.05) is 6.54 Å². The molecule has 1 heterocycles. The van der Waals surface area contributed by atoms with Crippen LogP contribution in [0.1, 0.15) is 30.4 Å². The van der Waals surface area contributed by atoms with Crippen molar-refractivity contribution in [3.63, 3.8) is 0 Å². The quantitative estimate of drug-likeness (QED) is 0.833. The summed E-state index contributed by atoms with van der Waals surface area (Å²) >= 11 is 0. The summed E-state index contributed by atoms with van der Waals surface area (Å²) < 4.78 is 0. The number of amides is 1. The van der Waals surface area contributed by atoms with E-state index in [2.05, 4.69) is 41.8 Å². The summed E-state index contributed by atoms with van der Waals surface area (Å²) in [6.07, 6.45) is 2.74. The highest BCUT2D eigenvalue weighted by atomic mass is 16.1. The lowest BCUT2D eigenvalue weighted by Crippen LogP contribution is -2.32. The van der Waals surface area contributed by atoms with Crippen molar-refractivity contribution in [1.82, 2.24) is 10.6 Å². The Hall–Kier alpha value is -1.35. The zero-order valence-electron chi connectivity index (χ0n) is 10.3. The highest BCUT2D eigenvalue weighted by molar-refractivity contribution is 5.76. The van der Waals surface area contributed by atoms with Crippen molar-refractivity contribution in [2.24, 2.45) is 0 Å². The molecular formula is C14H20N2O. The van der Waals surface area contributed by atoms with E-state index in [1.165, 1.54) is 11.1 Å². The van der Waals surface area contributed by atoms with Crippen LogP contribution in [0.2, 0.25) is 0 Å². The predicted octanol–water partition coefficient (Wildman–Crippen LogP) is 1.75. The van der Waals surface area contributed by atoms with Crippen LogP contribution >= 0.6 is 0 Å². The molecule has 0 radical (unpaired) electrons. The number of carbonyl (C=O) groups is 1. The fourth-order valence-electron chi connectivity index (χ4n) is 2.21. The Morgan fingerprint density at radius 3 is 3.06 bits per heavy atom. The molecule has 3 nitrogen and oxygen atoms in total. The first-order valence-corrected chi connectivity index (χ1v) is 6.30. The lowest BCUT2D eigenvalue weighted by molar-refractivity contribution is -0.121. The summed E-state index contributed by atoms with van der Waals surface area (Å²) in [4.78, 5) is 11.4. The molecule has 1 fully saturated rings. The molecule has 2 N–H and O–H groups in total. The van der Waals surface area contributed by atoms with E-state index in [1.807, 2.05) is 0 Å². The Bertz CT molecular complexity index is 390. The van der Waals surface area contributed by atoms with Crippen LogP contribution < -0.4 is 10.6 Å². The highest BCUT2D eigenvalue weighted by Gasteiger charge is 2.16. The third kappa shape index (κ3) is 3.56. The maximum Gasteiger partial charge on any atom is 0.221 e. The molecule has 2 rings (SSSR count). The highest BCUT2D eigenvalue weighted by Crippen LogP contribution is 2.10. The molecule has 92 valence electrons. The fraction of sp³-hybridized carbons (Fsp3) is 0.500. The average Bonchev–Trinajstić information content (AvgIpc) is 2.53. The number of nitrogens with one attached hydrogen (secondary N) is 2. The number of rotatable bonds is 3. The standard InChI is InChI=1S/C14H20N2O/c1-11-5-2-3-6-12(11)10-16-13-7-4-8-15-14(17)9-13/h2-3,5-6,13,16H,4,7-10H2,1H3,(H,15,17). The molecule has 3 heteroatoms. The first-order chi connectivity index (χ1) is 8.25. The molecule has 1 unspecified atom stereocenters. The Labute approximate surface area is 103 Å². The molecule has 0 spiro atoms. The lowest BCUT2D eigenvalue weighted by atomic mass is 10.1. The van der Waals surface area contributed by atoms with E-state index in [1.54, 1.807) is 0 Å². The predicted molar refractivity (Wildman–Crippen MR) is 68.7 cm³/mol. The third-order valence-electron chi connectivity index (χ3n) is 3.33. The van der Waals surface area contributed by atoms with E-state index in [0.29, 0.717) is 12.5 Å². The molecule has 1 saturated heterocycles. The van der Waals surface area contributed by atoms with E-state index in [0.717, 1.165) is 25.9 Å². The molecule has 1 aliphatic rings. The van der Waals surface area contributed by atoms with E-state index in [9.17, 15) is 4.79 Å². The van der Waals surface area contributed by atoms with Crippen molar-refractivity contribution in [3.8, 4) is 0 Å². The van der Waals surface area contributed by atoms with Crippen LogP contribution in [0, 0.1) is 6.92 Å². The molecule has 17 heavy (non-hydrogen) atoms. The monoisotopic (exact) mass is 232 g/mol. The average molecular weight is 232 g/mol.